The van der Waals surface area contributed by atoms with E-state index in [-0.39, 0.29) is 12.2 Å². The fraction of sp³-hybridized carbons (Fsp3) is 0.562. The van der Waals surface area contributed by atoms with Crippen LogP contribution in [0.25, 0.3) is 0 Å². The zero-order chi connectivity index (χ0) is 17.8. The van der Waals surface area contributed by atoms with Crippen molar-refractivity contribution >= 4 is 17.3 Å². The Kier molecular flexibility index (Phi) is 6.98. The number of alkyl halides is 1. The molecule has 1 rings (SSSR count). The van der Waals surface area contributed by atoms with Gasteiger partial charge in [0.2, 0.25) is 6.17 Å². The maximum atomic E-state index is 14.6. The van der Waals surface area contributed by atoms with Crippen LogP contribution in [0.15, 0.2) is 18.2 Å². The summed E-state index contributed by atoms with van der Waals surface area (Å²) in [7, 11) is 0. The van der Waals surface area contributed by atoms with Gasteiger partial charge < -0.3 is 9.29 Å². The van der Waals surface area contributed by atoms with E-state index in [2.05, 4.69) is 9.46 Å². The van der Waals surface area contributed by atoms with Crippen molar-refractivity contribution in [3.63, 3.8) is 0 Å². The molecule has 0 radical (unpaired) electrons. The van der Waals surface area contributed by atoms with Gasteiger partial charge in [-0.05, 0) is 40.7 Å². The monoisotopic (exact) mass is 347 g/mol. The van der Waals surface area contributed by atoms with Crippen LogP contribution in [0.5, 0.6) is 0 Å². The lowest BCUT2D eigenvalue weighted by Gasteiger charge is -2.29. The van der Waals surface area contributed by atoms with Crippen molar-refractivity contribution in [2.45, 2.75) is 51.6 Å². The molecule has 23 heavy (non-hydrogen) atoms. The number of rotatable bonds is 6. The molecule has 0 bridgehead atoms. The zero-order valence-electron chi connectivity index (χ0n) is 14.0. The molecule has 0 heterocycles. The first kappa shape index (κ1) is 19.9. The Morgan fingerprint density at radius 3 is 2.57 bits per heavy atom. The highest BCUT2D eigenvalue weighted by Gasteiger charge is 2.39. The number of carbonyl (C=O) groups is 1. The minimum absolute atomic E-state index is 0.00460. The summed E-state index contributed by atoms with van der Waals surface area (Å²) >= 11 is -1.69. The third-order valence-corrected chi connectivity index (χ3v) is 4.66. The molecule has 4 nitrogen and oxygen atoms in total. The largest absolute Gasteiger partial charge is 0.598 e. The van der Waals surface area contributed by atoms with Gasteiger partial charge in [-0.3, -0.25) is 0 Å². The van der Waals surface area contributed by atoms with Crippen LogP contribution in [0.3, 0.4) is 0 Å². The number of hydrogen-bond acceptors (Lipinski definition) is 4. The van der Waals surface area contributed by atoms with Gasteiger partial charge in [-0.1, -0.05) is 17.7 Å². The van der Waals surface area contributed by atoms with Crippen LogP contribution in [0.4, 0.5) is 8.78 Å². The van der Waals surface area contributed by atoms with Gasteiger partial charge in [-0.2, -0.15) is 0 Å². The molecule has 0 saturated heterocycles. The predicted molar refractivity (Wildman–Crippen MR) is 86.4 cm³/mol. The lowest BCUT2D eigenvalue weighted by atomic mass is 10.0. The summed E-state index contributed by atoms with van der Waals surface area (Å²) in [5, 5.41) is 0. The van der Waals surface area contributed by atoms with E-state index in [1.807, 2.05) is 0 Å². The Labute approximate surface area is 138 Å². The van der Waals surface area contributed by atoms with Crippen LogP contribution in [0.1, 0.15) is 44.9 Å². The van der Waals surface area contributed by atoms with Gasteiger partial charge in [0.1, 0.15) is 16.6 Å². The number of ether oxygens (including phenoxy) is 1. The van der Waals surface area contributed by atoms with Gasteiger partial charge in [0.25, 0.3) is 0 Å². The first-order valence-electron chi connectivity index (χ1n) is 7.32. The predicted octanol–water partition coefficient (Wildman–Crippen LogP) is 3.13. The molecule has 0 aliphatic carbocycles. The van der Waals surface area contributed by atoms with Gasteiger partial charge >= 0.3 is 5.97 Å². The molecule has 0 amide bonds. The maximum Gasteiger partial charge on any atom is 0.342 e. The summed E-state index contributed by atoms with van der Waals surface area (Å²) in [6, 6.07) is 2.76. The third-order valence-electron chi connectivity index (χ3n) is 3.08. The van der Waals surface area contributed by atoms with Gasteiger partial charge in [0.15, 0.2) is 0 Å². The molecule has 1 aromatic rings. The van der Waals surface area contributed by atoms with E-state index < -0.39 is 40.1 Å². The second-order valence-electron chi connectivity index (χ2n) is 6.16. The summed E-state index contributed by atoms with van der Waals surface area (Å²) < 4.78 is 47.5. The fourth-order valence-corrected chi connectivity index (χ4v) is 2.66. The molecule has 0 fully saturated rings. The molecule has 0 aliphatic heterocycles. The summed E-state index contributed by atoms with van der Waals surface area (Å²) in [6.07, 6.45) is -2.17. The van der Waals surface area contributed by atoms with Gasteiger partial charge in [0, 0.05) is 16.9 Å². The van der Waals surface area contributed by atoms with Gasteiger partial charge in [-0.25, -0.2) is 13.6 Å². The molecule has 0 saturated carbocycles. The summed E-state index contributed by atoms with van der Waals surface area (Å²) in [4.78, 5) is 11.7. The van der Waals surface area contributed by atoms with Crippen molar-refractivity contribution in [2.24, 2.45) is 0 Å². The molecule has 1 aromatic carbocycles. The first-order valence-corrected chi connectivity index (χ1v) is 8.47. The van der Waals surface area contributed by atoms with E-state index in [4.69, 9.17) is 0 Å². The highest BCUT2D eigenvalue weighted by molar-refractivity contribution is 7.90. The average Bonchev–Trinajstić information content (AvgIpc) is 2.45. The molecule has 3 atom stereocenters. The smallest absolute Gasteiger partial charge is 0.342 e. The molecule has 0 spiro atoms. The van der Waals surface area contributed by atoms with Crippen molar-refractivity contribution in [3.8, 4) is 0 Å². The Balaban J connectivity index is 3.20. The van der Waals surface area contributed by atoms with Crippen molar-refractivity contribution < 1.29 is 22.9 Å². The van der Waals surface area contributed by atoms with E-state index in [9.17, 15) is 18.1 Å². The van der Waals surface area contributed by atoms with Crippen LogP contribution in [0, 0.1) is 12.7 Å². The van der Waals surface area contributed by atoms with Crippen molar-refractivity contribution in [2.75, 3.05) is 6.61 Å². The zero-order valence-corrected chi connectivity index (χ0v) is 14.8. The molecule has 1 N–H and O–H groups in total. The standard InChI is InChI=1S/C16H23F2NO3S/c1-6-22-15(20)13(18)14(19-23(21)16(3,4)5)11-9-10(2)7-8-12(11)17/h7-9,13-14,19H,6H2,1-5H3/t13-,14+,23-/m0/s1. The molecule has 7 heteroatoms. The van der Waals surface area contributed by atoms with Gasteiger partial charge in [-0.15, -0.1) is 4.72 Å². The van der Waals surface area contributed by atoms with E-state index in [0.29, 0.717) is 5.56 Å². The fourth-order valence-electron chi connectivity index (χ4n) is 1.83. The van der Waals surface area contributed by atoms with E-state index in [0.717, 1.165) is 0 Å². The highest BCUT2D eigenvalue weighted by atomic mass is 32.2. The van der Waals surface area contributed by atoms with Crippen molar-refractivity contribution in [1.29, 1.82) is 0 Å². The van der Waals surface area contributed by atoms with Crippen LogP contribution in [-0.4, -0.2) is 28.0 Å². The molecular weight excluding hydrogens is 324 g/mol. The van der Waals surface area contributed by atoms with Crippen LogP contribution >= 0.6 is 0 Å². The number of nitrogens with one attached hydrogen (secondary N) is 1. The van der Waals surface area contributed by atoms with Crippen molar-refractivity contribution in [3.05, 3.63) is 35.1 Å². The Hall–Kier alpha value is -1.18. The van der Waals surface area contributed by atoms with Crippen LogP contribution in [-0.2, 0) is 20.9 Å². The molecule has 0 unspecified atom stereocenters. The lowest BCUT2D eigenvalue weighted by molar-refractivity contribution is -0.150. The Morgan fingerprint density at radius 2 is 2.04 bits per heavy atom. The number of esters is 1. The Morgan fingerprint density at radius 1 is 1.43 bits per heavy atom. The third kappa shape index (κ3) is 5.44. The molecule has 0 aromatic heterocycles. The summed E-state index contributed by atoms with van der Waals surface area (Å²) in [5.74, 6) is -1.79. The minimum Gasteiger partial charge on any atom is -0.598 e. The first-order chi connectivity index (χ1) is 10.6. The normalized spacial score (nSPS) is 15.8. The van der Waals surface area contributed by atoms with Gasteiger partial charge in [0.05, 0.1) is 6.61 Å². The quantitative estimate of drug-likeness (QED) is 0.634. The number of hydrogen-bond donors (Lipinski definition) is 1. The number of aryl methyl sites for hydroxylation is 1. The molecule has 0 aliphatic rings. The molecule has 130 valence electrons. The van der Waals surface area contributed by atoms with E-state index >= 15 is 0 Å². The number of benzene rings is 1. The Bertz CT molecular complexity index is 549. The minimum atomic E-state index is -2.17. The second kappa shape index (κ2) is 8.08. The van der Waals surface area contributed by atoms with E-state index in [1.165, 1.54) is 18.2 Å². The molecular formula is C16H23F2NO3S. The highest BCUT2D eigenvalue weighted by Crippen LogP contribution is 2.27. The van der Waals surface area contributed by atoms with E-state index in [1.54, 1.807) is 34.6 Å². The maximum absolute atomic E-state index is 14.6. The van der Waals surface area contributed by atoms with Crippen LogP contribution < -0.4 is 4.72 Å². The average molecular weight is 347 g/mol. The summed E-state index contributed by atoms with van der Waals surface area (Å²) in [5.41, 5.74) is 0.647. The topological polar surface area (TPSA) is 61.4 Å². The van der Waals surface area contributed by atoms with Crippen molar-refractivity contribution in [1.82, 2.24) is 4.72 Å². The lowest BCUT2D eigenvalue weighted by Crippen LogP contribution is -2.46. The number of carbonyl (C=O) groups excluding carboxylic acids is 1. The second-order valence-corrected chi connectivity index (χ2v) is 8.15. The van der Waals surface area contributed by atoms with Crippen LogP contribution in [0.2, 0.25) is 0 Å². The number of halogens is 2. The SMILES string of the molecule is CCOC(=O)[C@@H](F)[C@H](N[S@@+]([O-])C(C)(C)C)c1cc(C)ccc1F. The summed E-state index contributed by atoms with van der Waals surface area (Å²) in [6.45, 7) is 8.35.